The number of hydrogen-bond donors (Lipinski definition) is 1. The van der Waals surface area contributed by atoms with Crippen molar-refractivity contribution < 1.29 is 14.5 Å². The lowest BCUT2D eigenvalue weighted by molar-refractivity contribution is -0.385. The molecule has 9 heteroatoms. The molecule has 0 atom stereocenters. The molecule has 2 rings (SSSR count). The van der Waals surface area contributed by atoms with Gasteiger partial charge in [-0.1, -0.05) is 15.9 Å². The van der Waals surface area contributed by atoms with Gasteiger partial charge in [-0.25, -0.2) is 0 Å². The van der Waals surface area contributed by atoms with Crippen LogP contribution in [0.5, 0.6) is 5.75 Å². The van der Waals surface area contributed by atoms with Gasteiger partial charge in [0.2, 0.25) is 0 Å². The molecule has 6 nitrogen and oxygen atoms in total. The largest absolute Gasteiger partial charge is 0.495 e. The number of hydrogen-bond acceptors (Lipinski definition) is 5. The van der Waals surface area contributed by atoms with E-state index in [0.717, 1.165) is 4.47 Å². The number of nitrogens with zero attached hydrogens (tertiary/aromatic N) is 1. The van der Waals surface area contributed by atoms with Gasteiger partial charge in [0.25, 0.3) is 11.6 Å². The second-order valence-electron chi connectivity index (χ2n) is 4.56. The van der Waals surface area contributed by atoms with Crippen molar-refractivity contribution in [2.75, 3.05) is 18.7 Å². The zero-order valence-corrected chi connectivity index (χ0v) is 16.6. The summed E-state index contributed by atoms with van der Waals surface area (Å²) in [6.07, 6.45) is 1.80. The first-order chi connectivity index (χ1) is 11.4. The molecule has 126 valence electrons. The van der Waals surface area contributed by atoms with E-state index in [1.54, 1.807) is 24.5 Å². The Labute approximate surface area is 159 Å². The number of amides is 1. The predicted molar refractivity (Wildman–Crippen MR) is 101 cm³/mol. The van der Waals surface area contributed by atoms with Crippen LogP contribution < -0.4 is 10.1 Å². The summed E-state index contributed by atoms with van der Waals surface area (Å²) in [5, 5.41) is 14.0. The Morgan fingerprint density at radius 1 is 1.29 bits per heavy atom. The molecular formula is C15H12Br2N2O4S. The maximum Gasteiger partial charge on any atom is 0.285 e. The van der Waals surface area contributed by atoms with E-state index >= 15 is 0 Å². The summed E-state index contributed by atoms with van der Waals surface area (Å²) in [6, 6.07) is 7.94. The van der Waals surface area contributed by atoms with E-state index in [1.165, 1.54) is 31.0 Å². The highest BCUT2D eigenvalue weighted by Crippen LogP contribution is 2.35. The Balaban J connectivity index is 2.45. The fourth-order valence-corrected chi connectivity index (χ4v) is 3.71. The van der Waals surface area contributed by atoms with Crippen molar-refractivity contribution in [3.8, 4) is 5.75 Å². The number of methoxy groups -OCH3 is 1. The van der Waals surface area contributed by atoms with Gasteiger partial charge in [-0.15, -0.1) is 11.8 Å². The molecule has 24 heavy (non-hydrogen) atoms. The second kappa shape index (κ2) is 8.00. The maximum atomic E-state index is 12.5. The van der Waals surface area contributed by atoms with Crippen molar-refractivity contribution in [1.82, 2.24) is 0 Å². The van der Waals surface area contributed by atoms with Gasteiger partial charge in [0, 0.05) is 8.95 Å². The third-order valence-corrected chi connectivity index (χ3v) is 5.03. The number of benzene rings is 2. The first-order valence-corrected chi connectivity index (χ1v) is 9.35. The van der Waals surface area contributed by atoms with Gasteiger partial charge < -0.3 is 10.1 Å². The van der Waals surface area contributed by atoms with Crippen molar-refractivity contribution in [1.29, 1.82) is 0 Å². The molecule has 2 aromatic rings. The molecule has 0 bridgehead atoms. The average Bonchev–Trinajstić information content (AvgIpc) is 2.55. The number of nitro benzene ring substituents is 1. The third kappa shape index (κ3) is 4.08. The first kappa shape index (κ1) is 18.8. The molecule has 0 spiro atoms. The summed E-state index contributed by atoms with van der Waals surface area (Å²) in [5.41, 5.74) is 0.175. The fraction of sp³-hybridized carbons (Fsp3) is 0.133. The molecule has 0 saturated carbocycles. The standard InChI is InChI=1S/C15H12Br2N2O4S/c1-23-13-7-12(19(21)22)9(6-14(13)24-2)15(20)18-11-4-3-8(16)5-10(11)17/h3-7H,1-2H3,(H,18,20). The maximum absolute atomic E-state index is 12.5. The zero-order chi connectivity index (χ0) is 17.9. The lowest BCUT2D eigenvalue weighted by Gasteiger charge is -2.11. The van der Waals surface area contributed by atoms with Gasteiger partial charge in [0.15, 0.2) is 0 Å². The lowest BCUT2D eigenvalue weighted by atomic mass is 10.1. The van der Waals surface area contributed by atoms with Crippen LogP contribution in [0.25, 0.3) is 0 Å². The number of ether oxygens (including phenoxy) is 1. The van der Waals surface area contributed by atoms with Crippen LogP contribution in [0, 0.1) is 10.1 Å². The molecule has 2 aromatic carbocycles. The van der Waals surface area contributed by atoms with Crippen LogP contribution in [-0.2, 0) is 0 Å². The van der Waals surface area contributed by atoms with Gasteiger partial charge in [0.1, 0.15) is 11.3 Å². The molecule has 0 fully saturated rings. The zero-order valence-electron chi connectivity index (χ0n) is 12.6. The van der Waals surface area contributed by atoms with Crippen LogP contribution in [-0.4, -0.2) is 24.2 Å². The molecule has 0 radical (unpaired) electrons. The molecular weight excluding hydrogens is 464 g/mol. The number of nitro groups is 1. The van der Waals surface area contributed by atoms with Gasteiger partial charge in [0.05, 0.1) is 28.7 Å². The van der Waals surface area contributed by atoms with Crippen LogP contribution in [0.1, 0.15) is 10.4 Å². The van der Waals surface area contributed by atoms with Crippen LogP contribution in [0.15, 0.2) is 44.2 Å². The number of nitrogens with one attached hydrogen (secondary N) is 1. The van der Waals surface area contributed by atoms with Gasteiger partial charge in [-0.3, -0.25) is 14.9 Å². The predicted octanol–water partition coefficient (Wildman–Crippen LogP) is 5.10. The number of carbonyl (C=O) groups is 1. The summed E-state index contributed by atoms with van der Waals surface area (Å²) in [6.45, 7) is 0. The normalized spacial score (nSPS) is 10.3. The quantitative estimate of drug-likeness (QED) is 0.369. The average molecular weight is 476 g/mol. The van der Waals surface area contributed by atoms with Gasteiger partial charge in [-0.05, 0) is 46.5 Å². The van der Waals surface area contributed by atoms with Crippen LogP contribution >= 0.6 is 43.6 Å². The van der Waals surface area contributed by atoms with E-state index in [4.69, 9.17) is 4.74 Å². The topological polar surface area (TPSA) is 81.5 Å². The lowest BCUT2D eigenvalue weighted by Crippen LogP contribution is -2.14. The molecule has 0 aliphatic heterocycles. The van der Waals surface area contributed by atoms with E-state index in [-0.39, 0.29) is 11.3 Å². The summed E-state index contributed by atoms with van der Waals surface area (Å²) < 4.78 is 6.64. The Kier molecular flexibility index (Phi) is 6.25. The Morgan fingerprint density at radius 3 is 2.54 bits per heavy atom. The smallest absolute Gasteiger partial charge is 0.285 e. The number of thioether (sulfide) groups is 1. The monoisotopic (exact) mass is 474 g/mol. The number of anilines is 1. The molecule has 0 aliphatic carbocycles. The Bertz CT molecular complexity index is 814. The number of halogens is 2. The molecule has 1 amide bonds. The molecule has 0 unspecified atom stereocenters. The van der Waals surface area contributed by atoms with Crippen LogP contribution in [0.3, 0.4) is 0 Å². The minimum Gasteiger partial charge on any atom is -0.495 e. The fourth-order valence-electron chi connectivity index (χ4n) is 1.98. The van der Waals surface area contributed by atoms with Crippen LogP contribution in [0.4, 0.5) is 11.4 Å². The molecule has 1 N–H and O–H groups in total. The summed E-state index contributed by atoms with van der Waals surface area (Å²) in [5.74, 6) is -0.210. The molecule has 0 aliphatic rings. The number of carbonyl (C=O) groups excluding carboxylic acids is 1. The highest BCUT2D eigenvalue weighted by atomic mass is 79.9. The van der Waals surface area contributed by atoms with Crippen molar-refractivity contribution in [2.45, 2.75) is 4.90 Å². The first-order valence-electron chi connectivity index (χ1n) is 6.54. The van der Waals surface area contributed by atoms with Crippen LogP contribution in [0.2, 0.25) is 0 Å². The van der Waals surface area contributed by atoms with E-state index in [1.807, 2.05) is 0 Å². The highest BCUT2D eigenvalue weighted by molar-refractivity contribution is 9.11. The van der Waals surface area contributed by atoms with Gasteiger partial charge >= 0.3 is 0 Å². The van der Waals surface area contributed by atoms with E-state index in [0.29, 0.717) is 20.8 Å². The third-order valence-electron chi connectivity index (χ3n) is 3.12. The SMILES string of the molecule is COc1cc([N+](=O)[O-])c(C(=O)Nc2ccc(Br)cc2Br)cc1SC. The van der Waals surface area contributed by atoms with Crippen molar-refractivity contribution >= 4 is 60.9 Å². The number of rotatable bonds is 5. The molecule has 0 saturated heterocycles. The highest BCUT2D eigenvalue weighted by Gasteiger charge is 2.24. The second-order valence-corrected chi connectivity index (χ2v) is 7.18. The summed E-state index contributed by atoms with van der Waals surface area (Å²) >= 11 is 8.01. The Hall–Kier alpha value is -1.58. The molecule has 0 heterocycles. The Morgan fingerprint density at radius 2 is 2.00 bits per heavy atom. The summed E-state index contributed by atoms with van der Waals surface area (Å²) in [7, 11) is 1.43. The minimum atomic E-state index is -0.599. The van der Waals surface area contributed by atoms with Crippen molar-refractivity contribution in [3.05, 3.63) is 55.0 Å². The minimum absolute atomic E-state index is 0.0278. The summed E-state index contributed by atoms with van der Waals surface area (Å²) in [4.78, 5) is 23.9. The molecule has 0 aromatic heterocycles. The van der Waals surface area contributed by atoms with Crippen molar-refractivity contribution in [3.63, 3.8) is 0 Å². The van der Waals surface area contributed by atoms with E-state index in [2.05, 4.69) is 37.2 Å². The van der Waals surface area contributed by atoms with Crippen molar-refractivity contribution in [2.24, 2.45) is 0 Å². The van der Waals surface area contributed by atoms with Gasteiger partial charge in [-0.2, -0.15) is 0 Å². The van der Waals surface area contributed by atoms with E-state index < -0.39 is 10.8 Å². The van der Waals surface area contributed by atoms with E-state index in [9.17, 15) is 14.9 Å².